The largest absolute Gasteiger partial charge is 0.497 e. The molecule has 30 heavy (non-hydrogen) atoms. The Morgan fingerprint density at radius 2 is 1.70 bits per heavy atom. The van der Waals surface area contributed by atoms with Gasteiger partial charge in [-0.1, -0.05) is 24.3 Å². The fourth-order valence-electron chi connectivity index (χ4n) is 3.02. The van der Waals surface area contributed by atoms with Crippen LogP contribution in [0.1, 0.15) is 15.9 Å². The number of anilines is 3. The van der Waals surface area contributed by atoms with Gasteiger partial charge in [0.05, 0.1) is 18.2 Å². The molecule has 150 valence electrons. The highest BCUT2D eigenvalue weighted by molar-refractivity contribution is 5.90. The highest BCUT2D eigenvalue weighted by Gasteiger charge is 2.09. The molecule has 4 aromatic rings. The van der Waals surface area contributed by atoms with Crippen LogP contribution in [0.2, 0.25) is 0 Å². The number of fused-ring (bicyclic) bond motifs is 1. The van der Waals surface area contributed by atoms with Crippen LogP contribution in [0.4, 0.5) is 17.5 Å². The average Bonchev–Trinajstić information content (AvgIpc) is 2.78. The molecule has 3 N–H and O–H groups in total. The summed E-state index contributed by atoms with van der Waals surface area (Å²) in [5.41, 5.74) is 2.82. The van der Waals surface area contributed by atoms with E-state index in [0.29, 0.717) is 24.0 Å². The summed E-state index contributed by atoms with van der Waals surface area (Å²) >= 11 is 0. The van der Waals surface area contributed by atoms with Crippen LogP contribution >= 0.6 is 0 Å². The highest BCUT2D eigenvalue weighted by Crippen LogP contribution is 2.24. The van der Waals surface area contributed by atoms with Gasteiger partial charge in [-0.15, -0.1) is 0 Å². The number of ether oxygens (including phenoxy) is 1. The lowest BCUT2D eigenvalue weighted by Crippen LogP contribution is -2.06. The predicted molar refractivity (Wildman–Crippen MR) is 117 cm³/mol. The molecule has 0 amide bonds. The number of nitrogens with zero attached hydrogens (tertiary/aromatic N) is 2. The van der Waals surface area contributed by atoms with Crippen molar-refractivity contribution in [1.29, 1.82) is 0 Å². The van der Waals surface area contributed by atoms with E-state index in [1.54, 1.807) is 19.2 Å². The highest BCUT2D eigenvalue weighted by atomic mass is 16.5. The van der Waals surface area contributed by atoms with Crippen molar-refractivity contribution >= 4 is 34.3 Å². The molecule has 0 spiro atoms. The van der Waals surface area contributed by atoms with Crippen LogP contribution < -0.4 is 15.4 Å². The Morgan fingerprint density at radius 3 is 2.40 bits per heavy atom. The molecule has 1 heterocycles. The molecule has 1 aromatic heterocycles. The van der Waals surface area contributed by atoms with Crippen molar-refractivity contribution < 1.29 is 14.6 Å². The number of para-hydroxylation sites is 1. The van der Waals surface area contributed by atoms with Crippen LogP contribution in [0, 0.1) is 0 Å². The van der Waals surface area contributed by atoms with Crippen LogP contribution in [0.15, 0.2) is 72.8 Å². The number of hydrogen-bond acceptors (Lipinski definition) is 6. The molecule has 7 heteroatoms. The van der Waals surface area contributed by atoms with E-state index in [9.17, 15) is 4.79 Å². The van der Waals surface area contributed by atoms with Gasteiger partial charge in [0, 0.05) is 17.6 Å². The van der Waals surface area contributed by atoms with Gasteiger partial charge in [-0.25, -0.2) is 9.78 Å². The second-order valence-corrected chi connectivity index (χ2v) is 6.62. The van der Waals surface area contributed by atoms with E-state index in [1.807, 2.05) is 48.5 Å². The quantitative estimate of drug-likeness (QED) is 0.414. The minimum Gasteiger partial charge on any atom is -0.497 e. The normalized spacial score (nSPS) is 10.6. The Hall–Kier alpha value is -4.13. The van der Waals surface area contributed by atoms with Crippen molar-refractivity contribution in [2.75, 3.05) is 17.7 Å². The van der Waals surface area contributed by atoms with Crippen molar-refractivity contribution in [2.24, 2.45) is 0 Å². The van der Waals surface area contributed by atoms with E-state index in [-0.39, 0.29) is 5.56 Å². The maximum absolute atomic E-state index is 11.0. The van der Waals surface area contributed by atoms with E-state index < -0.39 is 5.97 Å². The molecule has 0 aliphatic carbocycles. The fraction of sp³-hybridized carbons (Fsp3) is 0.0870. The fourth-order valence-corrected chi connectivity index (χ4v) is 3.02. The Labute approximate surface area is 173 Å². The Bertz CT molecular complexity index is 1180. The Kier molecular flexibility index (Phi) is 5.43. The molecule has 0 unspecified atom stereocenters. The molecule has 0 aliphatic rings. The molecule has 0 bridgehead atoms. The van der Waals surface area contributed by atoms with Gasteiger partial charge >= 0.3 is 5.97 Å². The summed E-state index contributed by atoms with van der Waals surface area (Å²) in [5, 5.41) is 16.5. The average molecular weight is 400 g/mol. The monoisotopic (exact) mass is 400 g/mol. The van der Waals surface area contributed by atoms with Gasteiger partial charge in [0.1, 0.15) is 11.6 Å². The van der Waals surface area contributed by atoms with E-state index >= 15 is 0 Å². The first-order chi connectivity index (χ1) is 14.6. The molecule has 0 atom stereocenters. The smallest absolute Gasteiger partial charge is 0.335 e. The summed E-state index contributed by atoms with van der Waals surface area (Å²) in [6.07, 6.45) is 0. The maximum Gasteiger partial charge on any atom is 0.335 e. The van der Waals surface area contributed by atoms with Gasteiger partial charge in [-0.3, -0.25) is 0 Å². The van der Waals surface area contributed by atoms with Crippen LogP contribution in [0.3, 0.4) is 0 Å². The molecule has 4 rings (SSSR count). The summed E-state index contributed by atoms with van der Waals surface area (Å²) in [4.78, 5) is 20.2. The number of rotatable bonds is 7. The van der Waals surface area contributed by atoms with Crippen LogP contribution in [0.25, 0.3) is 10.9 Å². The van der Waals surface area contributed by atoms with Gasteiger partial charge in [0.2, 0.25) is 5.95 Å². The molecule has 0 fully saturated rings. The molecule has 3 aromatic carbocycles. The van der Waals surface area contributed by atoms with Crippen molar-refractivity contribution in [3.8, 4) is 5.75 Å². The minimum absolute atomic E-state index is 0.224. The third-order valence-corrected chi connectivity index (χ3v) is 4.61. The first-order valence-corrected chi connectivity index (χ1v) is 9.36. The number of aromatic nitrogens is 2. The standard InChI is InChI=1S/C23H20N4O3/c1-30-18-12-6-15(7-13-18)14-24-21-19-4-2-3-5-20(19)26-23(27-21)25-17-10-8-16(9-11-17)22(28)29/h2-13H,14H2,1H3,(H,28,29)(H2,24,25,26,27). The molecule has 0 radical (unpaired) electrons. The number of carboxylic acids is 1. The van der Waals surface area contributed by atoms with Crippen molar-refractivity contribution in [1.82, 2.24) is 9.97 Å². The summed E-state index contributed by atoms with van der Waals surface area (Å²) in [6, 6.07) is 22.0. The summed E-state index contributed by atoms with van der Waals surface area (Å²) in [7, 11) is 1.64. The second-order valence-electron chi connectivity index (χ2n) is 6.62. The number of aromatic carboxylic acids is 1. The molecule has 0 aliphatic heterocycles. The van der Waals surface area contributed by atoms with Gasteiger partial charge < -0.3 is 20.5 Å². The lowest BCUT2D eigenvalue weighted by molar-refractivity contribution is 0.0697. The zero-order valence-electron chi connectivity index (χ0n) is 16.3. The lowest BCUT2D eigenvalue weighted by atomic mass is 10.2. The van der Waals surface area contributed by atoms with Gasteiger partial charge in [0.25, 0.3) is 0 Å². The molecule has 0 saturated carbocycles. The zero-order valence-corrected chi connectivity index (χ0v) is 16.3. The lowest BCUT2D eigenvalue weighted by Gasteiger charge is -2.12. The van der Waals surface area contributed by atoms with Crippen LogP contribution in [-0.2, 0) is 6.54 Å². The van der Waals surface area contributed by atoms with Crippen molar-refractivity contribution in [3.63, 3.8) is 0 Å². The Morgan fingerprint density at radius 1 is 0.967 bits per heavy atom. The first kappa shape index (κ1) is 19.2. The van der Waals surface area contributed by atoms with E-state index in [1.165, 1.54) is 12.1 Å². The van der Waals surface area contributed by atoms with E-state index in [0.717, 1.165) is 22.2 Å². The molecular formula is C23H20N4O3. The van der Waals surface area contributed by atoms with Crippen LogP contribution in [0.5, 0.6) is 5.75 Å². The van der Waals surface area contributed by atoms with Gasteiger partial charge in [-0.2, -0.15) is 4.98 Å². The summed E-state index contributed by atoms with van der Waals surface area (Å²) in [5.74, 6) is 0.982. The number of carboxylic acid groups (broad SMARTS) is 1. The maximum atomic E-state index is 11.0. The van der Waals surface area contributed by atoms with Gasteiger partial charge in [0.15, 0.2) is 0 Å². The van der Waals surface area contributed by atoms with E-state index in [2.05, 4.69) is 20.6 Å². The first-order valence-electron chi connectivity index (χ1n) is 9.36. The van der Waals surface area contributed by atoms with Crippen molar-refractivity contribution in [3.05, 3.63) is 83.9 Å². The molecule has 0 saturated heterocycles. The van der Waals surface area contributed by atoms with Crippen LogP contribution in [-0.4, -0.2) is 28.2 Å². The third kappa shape index (κ3) is 4.30. The third-order valence-electron chi connectivity index (χ3n) is 4.61. The number of benzene rings is 3. The summed E-state index contributed by atoms with van der Waals surface area (Å²) in [6.45, 7) is 0.595. The Balaban J connectivity index is 1.59. The number of nitrogens with one attached hydrogen (secondary N) is 2. The summed E-state index contributed by atoms with van der Waals surface area (Å²) < 4.78 is 5.20. The zero-order chi connectivity index (χ0) is 20.9. The van der Waals surface area contributed by atoms with Gasteiger partial charge in [-0.05, 0) is 54.1 Å². The number of carbonyl (C=O) groups is 1. The van der Waals surface area contributed by atoms with Crippen molar-refractivity contribution in [2.45, 2.75) is 6.54 Å². The molecular weight excluding hydrogens is 380 g/mol. The van der Waals surface area contributed by atoms with E-state index in [4.69, 9.17) is 9.84 Å². The number of methoxy groups -OCH3 is 1. The topological polar surface area (TPSA) is 96.4 Å². The SMILES string of the molecule is COc1ccc(CNc2nc(Nc3ccc(C(=O)O)cc3)nc3ccccc23)cc1. The predicted octanol–water partition coefficient (Wildman–Crippen LogP) is 4.69. The second kappa shape index (κ2) is 8.48. The number of hydrogen-bond donors (Lipinski definition) is 3. The minimum atomic E-state index is -0.964. The molecule has 7 nitrogen and oxygen atoms in total.